The Morgan fingerprint density at radius 1 is 1.15 bits per heavy atom. The van der Waals surface area contributed by atoms with Crippen molar-refractivity contribution in [2.75, 3.05) is 18.5 Å². The third-order valence-corrected chi connectivity index (χ3v) is 5.24. The standard InChI is InChI=1S/C20H29N3O3.ClH/c21-12-18(14-5-2-1-3-6-14)23-19(24)13-26-17-8-4-7-16(11-17)22-20(25)15-9-10-15;/h4,7-8,11,14-15,18H,1-3,5-6,9-10,12-13,21H2,(H,22,25)(H,23,24);1H. The summed E-state index contributed by atoms with van der Waals surface area (Å²) in [5.74, 6) is 1.09. The van der Waals surface area contributed by atoms with Gasteiger partial charge in [-0.3, -0.25) is 9.59 Å². The van der Waals surface area contributed by atoms with Crippen molar-refractivity contribution >= 4 is 29.9 Å². The summed E-state index contributed by atoms with van der Waals surface area (Å²) in [6.45, 7) is 0.405. The van der Waals surface area contributed by atoms with Gasteiger partial charge in [-0.05, 0) is 43.7 Å². The molecule has 0 bridgehead atoms. The summed E-state index contributed by atoms with van der Waals surface area (Å²) in [6.07, 6.45) is 7.90. The molecule has 27 heavy (non-hydrogen) atoms. The van der Waals surface area contributed by atoms with Crippen LogP contribution in [0.15, 0.2) is 24.3 Å². The molecule has 2 aliphatic rings. The van der Waals surface area contributed by atoms with E-state index in [0.29, 0.717) is 23.9 Å². The van der Waals surface area contributed by atoms with E-state index in [9.17, 15) is 9.59 Å². The van der Waals surface area contributed by atoms with E-state index in [1.54, 1.807) is 18.2 Å². The molecule has 1 unspecified atom stereocenters. The number of hydrogen-bond donors (Lipinski definition) is 3. The highest BCUT2D eigenvalue weighted by molar-refractivity contribution is 5.94. The molecular weight excluding hydrogens is 366 g/mol. The van der Waals surface area contributed by atoms with Crippen molar-refractivity contribution in [1.82, 2.24) is 5.32 Å². The molecular formula is C20H30ClN3O3. The van der Waals surface area contributed by atoms with Crippen LogP contribution in [0.25, 0.3) is 0 Å². The van der Waals surface area contributed by atoms with E-state index in [-0.39, 0.29) is 42.8 Å². The van der Waals surface area contributed by atoms with Gasteiger partial charge in [0, 0.05) is 30.3 Å². The Kier molecular flexibility index (Phi) is 8.38. The molecule has 1 aromatic carbocycles. The number of halogens is 1. The van der Waals surface area contributed by atoms with Gasteiger partial charge in [-0.1, -0.05) is 25.3 Å². The van der Waals surface area contributed by atoms with Gasteiger partial charge in [0.05, 0.1) is 0 Å². The molecule has 4 N–H and O–H groups in total. The van der Waals surface area contributed by atoms with Crippen molar-refractivity contribution in [3.63, 3.8) is 0 Å². The van der Waals surface area contributed by atoms with Gasteiger partial charge in [0.25, 0.3) is 5.91 Å². The molecule has 150 valence electrons. The van der Waals surface area contributed by atoms with Crippen molar-refractivity contribution in [2.24, 2.45) is 17.6 Å². The van der Waals surface area contributed by atoms with Crippen molar-refractivity contribution < 1.29 is 14.3 Å². The zero-order chi connectivity index (χ0) is 18.4. The minimum absolute atomic E-state index is 0. The molecule has 6 nitrogen and oxygen atoms in total. The van der Waals surface area contributed by atoms with Crippen LogP contribution in [-0.4, -0.2) is 31.0 Å². The molecule has 2 amide bonds. The lowest BCUT2D eigenvalue weighted by molar-refractivity contribution is -0.124. The first-order valence-electron chi connectivity index (χ1n) is 9.69. The summed E-state index contributed by atoms with van der Waals surface area (Å²) >= 11 is 0. The zero-order valence-corrected chi connectivity index (χ0v) is 16.4. The lowest BCUT2D eigenvalue weighted by atomic mass is 9.84. The quantitative estimate of drug-likeness (QED) is 0.630. The molecule has 2 fully saturated rings. The van der Waals surface area contributed by atoms with E-state index in [4.69, 9.17) is 10.5 Å². The molecule has 0 aromatic heterocycles. The number of nitrogens with two attached hydrogens (primary N) is 1. The van der Waals surface area contributed by atoms with Crippen molar-refractivity contribution in [2.45, 2.75) is 51.0 Å². The molecule has 3 rings (SSSR count). The average molecular weight is 396 g/mol. The number of hydrogen-bond acceptors (Lipinski definition) is 4. The fraction of sp³-hybridized carbons (Fsp3) is 0.600. The highest BCUT2D eigenvalue weighted by Gasteiger charge is 2.29. The van der Waals surface area contributed by atoms with Crippen molar-refractivity contribution in [3.8, 4) is 5.75 Å². The fourth-order valence-electron chi connectivity index (χ4n) is 3.56. The van der Waals surface area contributed by atoms with E-state index >= 15 is 0 Å². The van der Waals surface area contributed by atoms with Crippen LogP contribution in [0.4, 0.5) is 5.69 Å². The molecule has 0 spiro atoms. The van der Waals surface area contributed by atoms with Crippen LogP contribution in [0.5, 0.6) is 5.75 Å². The van der Waals surface area contributed by atoms with Gasteiger partial charge in [0.15, 0.2) is 6.61 Å². The Labute approximate surface area is 167 Å². The topological polar surface area (TPSA) is 93.4 Å². The number of rotatable bonds is 8. The van der Waals surface area contributed by atoms with Crippen LogP contribution in [0, 0.1) is 11.8 Å². The molecule has 7 heteroatoms. The Hall–Kier alpha value is -1.79. The zero-order valence-electron chi connectivity index (χ0n) is 15.6. The molecule has 0 aliphatic heterocycles. The Bertz CT molecular complexity index is 631. The normalized spacial score (nSPS) is 18.1. The number of nitrogens with one attached hydrogen (secondary N) is 2. The fourth-order valence-corrected chi connectivity index (χ4v) is 3.56. The van der Waals surface area contributed by atoms with E-state index < -0.39 is 0 Å². The second-order valence-corrected chi connectivity index (χ2v) is 7.39. The summed E-state index contributed by atoms with van der Waals surface area (Å²) in [5.41, 5.74) is 6.56. The maximum Gasteiger partial charge on any atom is 0.258 e. The van der Waals surface area contributed by atoms with Crippen LogP contribution in [0.3, 0.4) is 0 Å². The van der Waals surface area contributed by atoms with Gasteiger partial charge in [-0.2, -0.15) is 0 Å². The monoisotopic (exact) mass is 395 g/mol. The number of ether oxygens (including phenoxy) is 1. The van der Waals surface area contributed by atoms with Gasteiger partial charge < -0.3 is 21.1 Å². The predicted molar refractivity (Wildman–Crippen MR) is 108 cm³/mol. The number of carbonyl (C=O) groups excluding carboxylic acids is 2. The van der Waals surface area contributed by atoms with E-state index in [1.165, 1.54) is 19.3 Å². The number of amides is 2. The molecule has 1 aromatic rings. The highest BCUT2D eigenvalue weighted by Crippen LogP contribution is 2.30. The van der Waals surface area contributed by atoms with Gasteiger partial charge in [-0.15, -0.1) is 12.4 Å². The first-order chi connectivity index (χ1) is 12.7. The maximum atomic E-state index is 12.2. The van der Waals surface area contributed by atoms with Crippen LogP contribution in [0.2, 0.25) is 0 Å². The minimum Gasteiger partial charge on any atom is -0.484 e. The van der Waals surface area contributed by atoms with Crippen LogP contribution >= 0.6 is 12.4 Å². The van der Waals surface area contributed by atoms with Crippen molar-refractivity contribution in [3.05, 3.63) is 24.3 Å². The lowest BCUT2D eigenvalue weighted by Crippen LogP contribution is -2.47. The van der Waals surface area contributed by atoms with Gasteiger partial charge in [-0.25, -0.2) is 0 Å². The van der Waals surface area contributed by atoms with Crippen LogP contribution in [-0.2, 0) is 9.59 Å². The van der Waals surface area contributed by atoms with Crippen LogP contribution < -0.4 is 21.1 Å². The Balaban J connectivity index is 0.00000261. The summed E-state index contributed by atoms with van der Waals surface area (Å²) < 4.78 is 5.59. The average Bonchev–Trinajstić information content (AvgIpc) is 3.51. The molecule has 0 saturated heterocycles. The van der Waals surface area contributed by atoms with Crippen molar-refractivity contribution in [1.29, 1.82) is 0 Å². The summed E-state index contributed by atoms with van der Waals surface area (Å²) in [6, 6.07) is 7.17. The van der Waals surface area contributed by atoms with E-state index in [1.807, 2.05) is 6.07 Å². The van der Waals surface area contributed by atoms with Gasteiger partial charge in [0.1, 0.15) is 5.75 Å². The second kappa shape index (κ2) is 10.5. The third-order valence-electron chi connectivity index (χ3n) is 5.24. The summed E-state index contributed by atoms with van der Waals surface area (Å²) in [5, 5.41) is 5.90. The molecule has 2 aliphatic carbocycles. The molecule has 0 radical (unpaired) electrons. The molecule has 0 heterocycles. The number of anilines is 1. The largest absolute Gasteiger partial charge is 0.484 e. The second-order valence-electron chi connectivity index (χ2n) is 7.39. The highest BCUT2D eigenvalue weighted by atomic mass is 35.5. The third kappa shape index (κ3) is 6.70. The SMILES string of the molecule is Cl.NCC(NC(=O)COc1cccc(NC(=O)C2CC2)c1)C1CCCCC1. The minimum atomic E-state index is -0.154. The molecule has 2 saturated carbocycles. The lowest BCUT2D eigenvalue weighted by Gasteiger charge is -2.30. The Morgan fingerprint density at radius 2 is 1.89 bits per heavy atom. The van der Waals surface area contributed by atoms with E-state index in [2.05, 4.69) is 10.6 Å². The summed E-state index contributed by atoms with van der Waals surface area (Å²) in [7, 11) is 0. The first-order valence-corrected chi connectivity index (χ1v) is 9.69. The Morgan fingerprint density at radius 3 is 2.56 bits per heavy atom. The van der Waals surface area contributed by atoms with Gasteiger partial charge in [0.2, 0.25) is 5.91 Å². The summed E-state index contributed by atoms with van der Waals surface area (Å²) in [4.78, 5) is 24.1. The smallest absolute Gasteiger partial charge is 0.258 e. The number of carbonyl (C=O) groups is 2. The first kappa shape index (κ1) is 21.5. The van der Waals surface area contributed by atoms with E-state index in [0.717, 1.165) is 25.7 Å². The van der Waals surface area contributed by atoms with Crippen LogP contribution in [0.1, 0.15) is 44.9 Å². The van der Waals surface area contributed by atoms with Gasteiger partial charge >= 0.3 is 0 Å². The maximum absolute atomic E-state index is 12.2. The predicted octanol–water partition coefficient (Wildman–Crippen LogP) is 2.86. The molecule has 1 atom stereocenters. The number of benzene rings is 1.